The molecule has 1 atom stereocenters. The third-order valence-corrected chi connectivity index (χ3v) is 4.12. The zero-order valence-corrected chi connectivity index (χ0v) is 12.5. The van der Waals surface area contributed by atoms with Crippen molar-refractivity contribution in [1.29, 1.82) is 5.26 Å². The number of rotatable bonds is 3. The van der Waals surface area contributed by atoms with Gasteiger partial charge in [-0.1, -0.05) is 25.5 Å². The van der Waals surface area contributed by atoms with Crippen molar-refractivity contribution in [2.45, 2.75) is 25.7 Å². The van der Waals surface area contributed by atoms with Gasteiger partial charge < -0.3 is 5.32 Å². The van der Waals surface area contributed by atoms with Crippen LogP contribution in [-0.4, -0.2) is 20.5 Å². The summed E-state index contributed by atoms with van der Waals surface area (Å²) in [5, 5.41) is 28.1. The average Bonchev–Trinajstić information content (AvgIpc) is 3.22. The first-order valence-electron chi connectivity index (χ1n) is 7.48. The number of hydrogen-bond acceptors (Lipinski definition) is 6. The molecule has 0 radical (unpaired) electrons. The Morgan fingerprint density at radius 2 is 2.22 bits per heavy atom. The van der Waals surface area contributed by atoms with Crippen LogP contribution in [0.1, 0.15) is 36.8 Å². The third-order valence-electron chi connectivity index (χ3n) is 4.12. The van der Waals surface area contributed by atoms with Gasteiger partial charge in [0.15, 0.2) is 0 Å². The highest BCUT2D eigenvalue weighted by Gasteiger charge is 2.32. The second-order valence-corrected chi connectivity index (χ2v) is 5.49. The van der Waals surface area contributed by atoms with Gasteiger partial charge in [0.25, 0.3) is 0 Å². The summed E-state index contributed by atoms with van der Waals surface area (Å²) in [6.45, 7) is 2.09. The zero-order chi connectivity index (χ0) is 15.8. The summed E-state index contributed by atoms with van der Waals surface area (Å²) >= 11 is 0. The fourth-order valence-corrected chi connectivity index (χ4v) is 3.12. The maximum atomic E-state index is 9.77. The lowest BCUT2D eigenvalue weighted by molar-refractivity contribution is 0.315. The van der Waals surface area contributed by atoms with E-state index in [1.54, 1.807) is 6.20 Å². The monoisotopic (exact) mass is 306 g/mol. The minimum absolute atomic E-state index is 0.229. The number of aromatic nitrogens is 4. The van der Waals surface area contributed by atoms with E-state index in [4.69, 9.17) is 4.63 Å². The van der Waals surface area contributed by atoms with E-state index in [0.717, 1.165) is 35.5 Å². The van der Waals surface area contributed by atoms with Crippen LogP contribution in [-0.2, 0) is 0 Å². The number of nitrogens with one attached hydrogen (secondary N) is 2. The lowest BCUT2D eigenvalue weighted by Crippen LogP contribution is -2.18. The van der Waals surface area contributed by atoms with E-state index in [1.807, 2.05) is 18.2 Å². The quantitative estimate of drug-likeness (QED) is 0.770. The van der Waals surface area contributed by atoms with Crippen LogP contribution in [0, 0.1) is 11.3 Å². The molecule has 0 aliphatic carbocycles. The van der Waals surface area contributed by atoms with Gasteiger partial charge in [-0.3, -0.25) is 5.10 Å². The van der Waals surface area contributed by atoms with Crippen molar-refractivity contribution in [3.63, 3.8) is 0 Å². The van der Waals surface area contributed by atoms with Gasteiger partial charge in [-0.05, 0) is 28.4 Å². The van der Waals surface area contributed by atoms with Crippen LogP contribution < -0.4 is 5.32 Å². The smallest absolute Gasteiger partial charge is 0.139 e. The molecule has 0 fully saturated rings. The summed E-state index contributed by atoms with van der Waals surface area (Å²) in [5.74, 6) is 0.595. The van der Waals surface area contributed by atoms with E-state index in [1.165, 1.54) is 0 Å². The highest BCUT2D eigenvalue weighted by atomic mass is 16.6. The number of fused-ring (bicyclic) bond motifs is 2. The van der Waals surface area contributed by atoms with Crippen LogP contribution in [0.2, 0.25) is 0 Å². The molecule has 0 saturated heterocycles. The molecule has 3 aromatic rings. The van der Waals surface area contributed by atoms with Gasteiger partial charge in [0, 0.05) is 11.3 Å². The van der Waals surface area contributed by atoms with Gasteiger partial charge in [0.05, 0.1) is 23.8 Å². The minimum atomic E-state index is -0.229. The molecule has 0 saturated carbocycles. The fourth-order valence-electron chi connectivity index (χ4n) is 3.12. The standard InChI is InChI=1S/C16H14N6O/c1-2-4-12-10(7-17)14(11-8-18-20-16(11)19-12)9-5-3-6-13-15(9)22-23-21-13/h3,5-6,8,14H,2,4H2,1H3,(H2,18,19,20)/t14-/m0/s1. The Morgan fingerprint density at radius 3 is 3.04 bits per heavy atom. The van der Waals surface area contributed by atoms with Gasteiger partial charge in [0.1, 0.15) is 16.9 Å². The van der Waals surface area contributed by atoms with Crippen molar-refractivity contribution in [3.8, 4) is 6.07 Å². The molecule has 1 aromatic carbocycles. The topological polar surface area (TPSA) is 103 Å². The number of benzene rings is 1. The van der Waals surface area contributed by atoms with Gasteiger partial charge in [-0.15, -0.1) is 0 Å². The van der Waals surface area contributed by atoms with E-state index >= 15 is 0 Å². The molecule has 1 aliphatic heterocycles. The molecule has 0 amide bonds. The first-order valence-corrected chi connectivity index (χ1v) is 7.48. The molecule has 3 heterocycles. The Labute approximate surface area is 132 Å². The van der Waals surface area contributed by atoms with Crippen LogP contribution in [0.25, 0.3) is 11.0 Å². The molecule has 7 nitrogen and oxygen atoms in total. The number of allylic oxidation sites excluding steroid dienone is 2. The van der Waals surface area contributed by atoms with Crippen LogP contribution in [0.15, 0.2) is 40.3 Å². The Morgan fingerprint density at radius 1 is 1.30 bits per heavy atom. The van der Waals surface area contributed by atoms with Gasteiger partial charge >= 0.3 is 0 Å². The van der Waals surface area contributed by atoms with Gasteiger partial charge in [-0.25, -0.2) is 4.63 Å². The van der Waals surface area contributed by atoms with Crippen molar-refractivity contribution in [3.05, 3.63) is 46.8 Å². The summed E-state index contributed by atoms with van der Waals surface area (Å²) in [4.78, 5) is 0. The van der Waals surface area contributed by atoms with E-state index in [9.17, 15) is 5.26 Å². The lowest BCUT2D eigenvalue weighted by Gasteiger charge is -2.26. The van der Waals surface area contributed by atoms with Gasteiger partial charge in [0.2, 0.25) is 0 Å². The normalized spacial score (nSPS) is 17.0. The van der Waals surface area contributed by atoms with Crippen LogP contribution in [0.3, 0.4) is 0 Å². The summed E-state index contributed by atoms with van der Waals surface area (Å²) < 4.78 is 4.87. The van der Waals surface area contributed by atoms with Gasteiger partial charge in [-0.2, -0.15) is 10.4 Å². The summed E-state index contributed by atoms with van der Waals surface area (Å²) in [6.07, 6.45) is 3.49. The number of nitriles is 1. The van der Waals surface area contributed by atoms with Crippen LogP contribution >= 0.6 is 0 Å². The summed E-state index contributed by atoms with van der Waals surface area (Å²) in [7, 11) is 0. The molecule has 114 valence electrons. The minimum Gasteiger partial charge on any atom is -0.343 e. The molecule has 2 N–H and O–H groups in total. The van der Waals surface area contributed by atoms with E-state index in [2.05, 4.69) is 38.8 Å². The molecule has 0 spiro atoms. The molecule has 7 heteroatoms. The molecule has 23 heavy (non-hydrogen) atoms. The Hall–Kier alpha value is -3.14. The fraction of sp³-hybridized carbons (Fsp3) is 0.250. The first-order chi connectivity index (χ1) is 11.3. The van der Waals surface area contributed by atoms with Crippen molar-refractivity contribution in [2.24, 2.45) is 0 Å². The summed E-state index contributed by atoms with van der Waals surface area (Å²) in [6, 6.07) is 8.07. The van der Waals surface area contributed by atoms with E-state index in [-0.39, 0.29) is 5.92 Å². The van der Waals surface area contributed by atoms with Crippen molar-refractivity contribution >= 4 is 16.9 Å². The Bertz CT molecular complexity index is 945. The second kappa shape index (κ2) is 5.25. The van der Waals surface area contributed by atoms with Crippen molar-refractivity contribution in [2.75, 3.05) is 5.32 Å². The number of hydrogen-bond donors (Lipinski definition) is 2. The highest BCUT2D eigenvalue weighted by molar-refractivity contribution is 5.80. The van der Waals surface area contributed by atoms with E-state index in [0.29, 0.717) is 16.6 Å². The molecule has 0 unspecified atom stereocenters. The maximum Gasteiger partial charge on any atom is 0.139 e. The molecule has 4 rings (SSSR count). The molecule has 2 aromatic heterocycles. The SMILES string of the molecule is CCCC1=C(C#N)[C@H](c2cccc3nonc23)c2cn[nH]c2N1. The number of anilines is 1. The lowest BCUT2D eigenvalue weighted by atomic mass is 9.82. The largest absolute Gasteiger partial charge is 0.343 e. The molecule has 0 bridgehead atoms. The predicted molar refractivity (Wildman–Crippen MR) is 83.4 cm³/mol. The number of nitrogens with zero attached hydrogens (tertiary/aromatic N) is 4. The van der Waals surface area contributed by atoms with E-state index < -0.39 is 0 Å². The number of H-pyrrole nitrogens is 1. The van der Waals surface area contributed by atoms with Crippen molar-refractivity contribution < 1.29 is 4.63 Å². The highest BCUT2D eigenvalue weighted by Crippen LogP contribution is 2.42. The average molecular weight is 306 g/mol. The first kappa shape index (κ1) is 13.5. The molecular weight excluding hydrogens is 292 g/mol. The second-order valence-electron chi connectivity index (χ2n) is 5.49. The third kappa shape index (κ3) is 1.99. The number of aromatic amines is 1. The van der Waals surface area contributed by atoms with Crippen LogP contribution in [0.5, 0.6) is 0 Å². The maximum absolute atomic E-state index is 9.77. The zero-order valence-electron chi connectivity index (χ0n) is 12.5. The molecule has 1 aliphatic rings. The Kier molecular flexibility index (Phi) is 3.08. The summed E-state index contributed by atoms with van der Waals surface area (Å²) in [5.41, 5.74) is 4.80. The van der Waals surface area contributed by atoms with Crippen molar-refractivity contribution in [1.82, 2.24) is 20.5 Å². The van der Waals surface area contributed by atoms with Crippen LogP contribution in [0.4, 0.5) is 5.82 Å². The molecular formula is C16H14N6O. The predicted octanol–water partition coefficient (Wildman–Crippen LogP) is 3.08. The Balaban J connectivity index is 1.98.